The van der Waals surface area contributed by atoms with Crippen molar-refractivity contribution >= 4 is 27.8 Å². The first kappa shape index (κ1) is 32.7. The fraction of sp³-hybridized carbons (Fsp3) is 0.394. The minimum atomic E-state index is -5.08. The number of ether oxygens (including phenoxy) is 1. The second-order valence-electron chi connectivity index (χ2n) is 10.9. The van der Waals surface area contributed by atoms with Crippen LogP contribution in [-0.2, 0) is 14.3 Å². The number of nitrogens with zero attached hydrogens (tertiary/aromatic N) is 2. The number of alkyl halides is 3. The summed E-state index contributed by atoms with van der Waals surface area (Å²) in [6.07, 6.45) is -2.12. The maximum atomic E-state index is 14.3. The number of halogens is 4. The zero-order valence-electron chi connectivity index (χ0n) is 23.9. The molecule has 10 heteroatoms. The summed E-state index contributed by atoms with van der Waals surface area (Å²) >= 11 is 3.58. The standard InChI is InChI=1S/C31H35BrN2O2.C2HF3O2/c1-33(30(24-8-4-2-5-9-24)25-10-6-3-7-11-25)31(35)28-17-16-27(34-18-20-36-21-19-34)22-29(28)23-12-14-26(32)15-13-23;3-2(4,5)1(6)7/h2-15,27-30H,16-22H2,1H3;(H,6,7)/t27-,28-,29+;/m1./s1. The van der Waals surface area contributed by atoms with Gasteiger partial charge in [-0.2, -0.15) is 13.2 Å². The van der Waals surface area contributed by atoms with E-state index in [9.17, 15) is 18.0 Å². The fourth-order valence-corrected chi connectivity index (χ4v) is 6.36. The number of carboxylic acids is 1. The van der Waals surface area contributed by atoms with Gasteiger partial charge in [0.1, 0.15) is 0 Å². The van der Waals surface area contributed by atoms with Gasteiger partial charge in [-0.05, 0) is 54.0 Å². The van der Waals surface area contributed by atoms with Crippen LogP contribution in [0, 0.1) is 5.92 Å². The first-order valence-electron chi connectivity index (χ1n) is 14.3. The van der Waals surface area contributed by atoms with Crippen LogP contribution in [-0.4, -0.2) is 72.4 Å². The van der Waals surface area contributed by atoms with Crippen LogP contribution in [0.2, 0.25) is 0 Å². The zero-order valence-corrected chi connectivity index (χ0v) is 25.5. The molecule has 1 saturated heterocycles. The molecule has 1 heterocycles. The second kappa shape index (κ2) is 15.0. The summed E-state index contributed by atoms with van der Waals surface area (Å²) in [5.41, 5.74) is 3.54. The largest absolute Gasteiger partial charge is 0.490 e. The van der Waals surface area contributed by atoms with Gasteiger partial charge in [-0.1, -0.05) is 88.7 Å². The van der Waals surface area contributed by atoms with Crippen molar-refractivity contribution < 1.29 is 32.6 Å². The fourth-order valence-electron chi connectivity index (χ4n) is 6.10. The van der Waals surface area contributed by atoms with E-state index in [1.165, 1.54) is 5.56 Å². The molecule has 0 bridgehead atoms. The van der Waals surface area contributed by atoms with Crippen LogP contribution in [0.25, 0.3) is 0 Å². The molecule has 0 radical (unpaired) electrons. The number of aliphatic carboxylic acids is 1. The molecular formula is C33H36BrF3N2O4. The quantitative estimate of drug-likeness (QED) is 0.311. The van der Waals surface area contributed by atoms with Gasteiger partial charge in [0.15, 0.2) is 0 Å². The van der Waals surface area contributed by atoms with Gasteiger partial charge in [0.05, 0.1) is 19.3 Å². The topological polar surface area (TPSA) is 70.1 Å². The lowest BCUT2D eigenvalue weighted by molar-refractivity contribution is -0.192. The van der Waals surface area contributed by atoms with Gasteiger partial charge >= 0.3 is 12.1 Å². The lowest BCUT2D eigenvalue weighted by Gasteiger charge is -2.44. The number of hydrogen-bond donors (Lipinski definition) is 1. The highest BCUT2D eigenvalue weighted by Crippen LogP contribution is 2.42. The Bertz CT molecular complexity index is 1280. The molecule has 3 atom stereocenters. The molecule has 3 aromatic carbocycles. The Labute approximate surface area is 258 Å². The highest BCUT2D eigenvalue weighted by molar-refractivity contribution is 9.10. The first-order valence-corrected chi connectivity index (χ1v) is 15.1. The van der Waals surface area contributed by atoms with Crippen LogP contribution < -0.4 is 0 Å². The Morgan fingerprint density at radius 2 is 1.42 bits per heavy atom. The lowest BCUT2D eigenvalue weighted by Crippen LogP contribution is -2.48. The predicted octanol–water partition coefficient (Wildman–Crippen LogP) is 6.91. The normalized spacial score (nSPS) is 21.0. The number of benzene rings is 3. The molecule has 230 valence electrons. The maximum Gasteiger partial charge on any atom is 0.490 e. The first-order chi connectivity index (χ1) is 20.6. The van der Waals surface area contributed by atoms with E-state index in [0.717, 1.165) is 61.2 Å². The predicted molar refractivity (Wildman–Crippen MR) is 162 cm³/mol. The van der Waals surface area contributed by atoms with Crippen molar-refractivity contribution in [1.82, 2.24) is 9.80 Å². The molecule has 0 unspecified atom stereocenters. The van der Waals surface area contributed by atoms with Crippen molar-refractivity contribution in [2.75, 3.05) is 33.4 Å². The Morgan fingerprint density at radius 1 is 0.907 bits per heavy atom. The smallest absolute Gasteiger partial charge is 0.475 e. The van der Waals surface area contributed by atoms with Crippen molar-refractivity contribution in [2.24, 2.45) is 5.92 Å². The minimum absolute atomic E-state index is 0.0385. The van der Waals surface area contributed by atoms with E-state index in [1.807, 2.05) is 24.1 Å². The van der Waals surface area contributed by atoms with Crippen LogP contribution in [0.3, 0.4) is 0 Å². The van der Waals surface area contributed by atoms with Gasteiger partial charge in [0.2, 0.25) is 5.91 Å². The van der Waals surface area contributed by atoms with E-state index >= 15 is 0 Å². The van der Waals surface area contributed by atoms with E-state index in [4.69, 9.17) is 14.6 Å². The minimum Gasteiger partial charge on any atom is -0.475 e. The maximum absolute atomic E-state index is 14.3. The van der Waals surface area contributed by atoms with Crippen LogP contribution >= 0.6 is 15.9 Å². The third kappa shape index (κ3) is 8.68. The number of amides is 1. The molecule has 1 amide bonds. The third-order valence-corrected chi connectivity index (χ3v) is 8.74. The summed E-state index contributed by atoms with van der Waals surface area (Å²) in [5, 5.41) is 7.12. The molecule has 1 N–H and O–H groups in total. The number of hydrogen-bond acceptors (Lipinski definition) is 4. The van der Waals surface area contributed by atoms with E-state index in [1.54, 1.807) is 0 Å². The molecule has 0 aromatic heterocycles. The number of rotatable bonds is 6. The summed E-state index contributed by atoms with van der Waals surface area (Å²) in [6.45, 7) is 3.58. The molecule has 2 fully saturated rings. The summed E-state index contributed by atoms with van der Waals surface area (Å²) in [5.74, 6) is -2.36. The third-order valence-electron chi connectivity index (χ3n) is 8.21. The molecule has 5 rings (SSSR count). The molecule has 2 aliphatic rings. The molecule has 3 aromatic rings. The lowest BCUT2D eigenvalue weighted by atomic mass is 9.72. The Balaban J connectivity index is 0.000000541. The van der Waals surface area contributed by atoms with E-state index in [0.29, 0.717) is 6.04 Å². The van der Waals surface area contributed by atoms with Crippen molar-refractivity contribution in [1.29, 1.82) is 0 Å². The molecule has 6 nitrogen and oxygen atoms in total. The number of carbonyl (C=O) groups is 2. The van der Waals surface area contributed by atoms with Gasteiger partial charge in [-0.15, -0.1) is 0 Å². The molecule has 43 heavy (non-hydrogen) atoms. The van der Waals surface area contributed by atoms with Crippen molar-refractivity contribution in [3.05, 3.63) is 106 Å². The highest BCUT2D eigenvalue weighted by Gasteiger charge is 2.41. The molecule has 1 saturated carbocycles. The van der Waals surface area contributed by atoms with Crippen molar-refractivity contribution in [2.45, 2.75) is 43.4 Å². The van der Waals surface area contributed by atoms with Crippen molar-refractivity contribution in [3.63, 3.8) is 0 Å². The summed E-state index contributed by atoms with van der Waals surface area (Å²) in [6, 6.07) is 29.8. The van der Waals surface area contributed by atoms with Crippen LogP contribution in [0.1, 0.15) is 47.9 Å². The molecule has 1 aliphatic carbocycles. The van der Waals surface area contributed by atoms with E-state index < -0.39 is 12.1 Å². The van der Waals surface area contributed by atoms with Crippen LogP contribution in [0.4, 0.5) is 13.2 Å². The summed E-state index contributed by atoms with van der Waals surface area (Å²) in [7, 11) is 1.99. The van der Waals surface area contributed by atoms with Gasteiger partial charge in [-0.25, -0.2) is 4.79 Å². The van der Waals surface area contributed by atoms with Gasteiger partial charge < -0.3 is 14.7 Å². The summed E-state index contributed by atoms with van der Waals surface area (Å²) < 4.78 is 38.4. The number of morpholine rings is 1. The second-order valence-corrected chi connectivity index (χ2v) is 11.8. The average molecular weight is 662 g/mol. The average Bonchev–Trinajstić information content (AvgIpc) is 3.02. The van der Waals surface area contributed by atoms with Gasteiger partial charge in [0.25, 0.3) is 0 Å². The Morgan fingerprint density at radius 3 is 1.91 bits per heavy atom. The van der Waals surface area contributed by atoms with Gasteiger partial charge in [-0.3, -0.25) is 9.69 Å². The van der Waals surface area contributed by atoms with Crippen LogP contribution in [0.5, 0.6) is 0 Å². The molecular weight excluding hydrogens is 625 g/mol. The van der Waals surface area contributed by atoms with Gasteiger partial charge in [0, 0.05) is 36.6 Å². The van der Waals surface area contributed by atoms with Crippen molar-refractivity contribution in [3.8, 4) is 0 Å². The number of carboxylic acid groups (broad SMARTS) is 1. The highest BCUT2D eigenvalue weighted by atomic mass is 79.9. The summed E-state index contributed by atoms with van der Waals surface area (Å²) in [4.78, 5) is 27.8. The molecule has 0 spiro atoms. The van der Waals surface area contributed by atoms with E-state index in [2.05, 4.69) is 93.6 Å². The monoisotopic (exact) mass is 660 g/mol. The Hall–Kier alpha value is -3.21. The SMILES string of the molecule is CN(C(=O)[C@@H]1CC[C@@H](N2CCOCC2)C[C@H]1c1ccc(Br)cc1)C(c1ccccc1)c1ccccc1.O=C(O)C(F)(F)F. The van der Waals surface area contributed by atoms with Crippen LogP contribution in [0.15, 0.2) is 89.4 Å². The zero-order chi connectivity index (χ0) is 31.0. The number of carbonyl (C=O) groups excluding carboxylic acids is 1. The Kier molecular flexibility index (Phi) is 11.4. The molecule has 1 aliphatic heterocycles. The van der Waals surface area contributed by atoms with E-state index in [-0.39, 0.29) is 23.8 Å².